The van der Waals surface area contributed by atoms with Gasteiger partial charge in [-0.05, 0) is 35.4 Å². The second-order valence-electron chi connectivity index (χ2n) is 6.82. The van der Waals surface area contributed by atoms with Crippen LogP contribution in [0.15, 0.2) is 61.1 Å². The fraction of sp³-hybridized carbons (Fsp3) is 0.190. The van der Waals surface area contributed by atoms with E-state index in [2.05, 4.69) is 4.98 Å². The number of fused-ring (bicyclic) bond motifs is 1. The molecule has 9 heteroatoms. The molecule has 0 fully saturated rings. The molecule has 0 saturated heterocycles. The van der Waals surface area contributed by atoms with Crippen LogP contribution in [0.1, 0.15) is 34.0 Å². The van der Waals surface area contributed by atoms with E-state index in [-0.39, 0.29) is 31.4 Å². The van der Waals surface area contributed by atoms with Crippen LogP contribution in [0.3, 0.4) is 0 Å². The number of benzene rings is 2. The molecule has 0 N–H and O–H groups in total. The molecule has 1 unspecified atom stereocenters. The number of halogens is 4. The van der Waals surface area contributed by atoms with Gasteiger partial charge in [0.1, 0.15) is 6.04 Å². The fourth-order valence-electron chi connectivity index (χ4n) is 3.50. The van der Waals surface area contributed by atoms with Gasteiger partial charge in [0.15, 0.2) is 0 Å². The summed E-state index contributed by atoms with van der Waals surface area (Å²) in [7, 11) is 0. The van der Waals surface area contributed by atoms with E-state index in [9.17, 15) is 18.0 Å². The van der Waals surface area contributed by atoms with Gasteiger partial charge < -0.3 is 9.47 Å². The Morgan fingerprint density at radius 1 is 1.17 bits per heavy atom. The van der Waals surface area contributed by atoms with Gasteiger partial charge in [0.05, 0.1) is 35.8 Å². The van der Waals surface area contributed by atoms with Crippen molar-refractivity contribution in [2.45, 2.75) is 25.3 Å². The lowest BCUT2D eigenvalue weighted by molar-refractivity contribution is -0.137. The fourth-order valence-corrected chi connectivity index (χ4v) is 3.50. The Bertz CT molecular complexity index is 1100. The molecule has 154 valence electrons. The Balaban J connectivity index is 0.00000256. The van der Waals surface area contributed by atoms with Crippen molar-refractivity contribution in [1.29, 1.82) is 5.26 Å². The zero-order valence-corrected chi connectivity index (χ0v) is 16.3. The van der Waals surface area contributed by atoms with Gasteiger partial charge in [-0.3, -0.25) is 4.79 Å². The van der Waals surface area contributed by atoms with Crippen molar-refractivity contribution in [1.82, 2.24) is 14.5 Å². The molecule has 1 aromatic heterocycles. The van der Waals surface area contributed by atoms with Crippen molar-refractivity contribution in [3.8, 4) is 6.07 Å². The van der Waals surface area contributed by atoms with Crippen LogP contribution in [-0.4, -0.2) is 20.4 Å². The summed E-state index contributed by atoms with van der Waals surface area (Å²) in [4.78, 5) is 18.9. The molecule has 3 aromatic rings. The molecule has 2 aromatic carbocycles. The summed E-state index contributed by atoms with van der Waals surface area (Å²) in [6.45, 7) is 0.308. The average molecular weight is 433 g/mol. The highest BCUT2D eigenvalue weighted by molar-refractivity contribution is 5.85. The predicted octanol–water partition coefficient (Wildman–Crippen LogP) is 4.33. The molecule has 0 bridgehead atoms. The van der Waals surface area contributed by atoms with Crippen LogP contribution < -0.4 is 0 Å². The summed E-state index contributed by atoms with van der Waals surface area (Å²) < 4.78 is 40.8. The second kappa shape index (κ2) is 8.20. The van der Waals surface area contributed by atoms with E-state index in [0.717, 1.165) is 17.8 Å². The Kier molecular flexibility index (Phi) is 5.85. The number of nitriles is 1. The van der Waals surface area contributed by atoms with E-state index in [0.29, 0.717) is 16.7 Å². The van der Waals surface area contributed by atoms with Gasteiger partial charge in [0, 0.05) is 12.7 Å². The highest BCUT2D eigenvalue weighted by atomic mass is 35.5. The molecule has 0 aliphatic carbocycles. The summed E-state index contributed by atoms with van der Waals surface area (Å²) in [6.07, 6.45) is -1.23. The van der Waals surface area contributed by atoms with Gasteiger partial charge in [0.2, 0.25) is 0 Å². The minimum atomic E-state index is -4.44. The number of nitrogens with zero attached hydrogens (tertiary/aromatic N) is 4. The maximum atomic E-state index is 13.2. The zero-order chi connectivity index (χ0) is 20.6. The molecule has 5 nitrogen and oxygen atoms in total. The molecule has 1 atom stereocenters. The first-order chi connectivity index (χ1) is 13.9. The monoisotopic (exact) mass is 432 g/mol. The van der Waals surface area contributed by atoms with Crippen LogP contribution in [0.4, 0.5) is 13.2 Å². The normalized spacial score (nSPS) is 15.9. The topological polar surface area (TPSA) is 61.9 Å². The largest absolute Gasteiger partial charge is 0.416 e. The lowest BCUT2D eigenvalue weighted by atomic mass is 10.0. The molecule has 1 aliphatic heterocycles. The molecular formula is C21H16ClF3N4O. The molecule has 30 heavy (non-hydrogen) atoms. The number of carbonyl (C=O) groups excluding carboxylic acids is 1. The third-order valence-corrected chi connectivity index (χ3v) is 4.91. The Morgan fingerprint density at radius 3 is 2.57 bits per heavy atom. The van der Waals surface area contributed by atoms with Crippen molar-refractivity contribution in [3.05, 3.63) is 89.0 Å². The van der Waals surface area contributed by atoms with Crippen LogP contribution in [-0.2, 0) is 24.1 Å². The maximum Gasteiger partial charge on any atom is 0.416 e. The number of hydrogen-bond donors (Lipinski definition) is 0. The van der Waals surface area contributed by atoms with E-state index in [1.165, 1.54) is 11.0 Å². The molecule has 0 spiro atoms. The van der Waals surface area contributed by atoms with Crippen molar-refractivity contribution in [3.63, 3.8) is 0 Å². The standard InChI is InChI=1S/C21H15F3N4O.ClH/c22-21(23,24)17-3-1-2-15(8-17)11-27-12-18-10-26-13-28(18)19(20(27)29)16-6-4-14(9-25)5-7-16;/h1-8,10,13,19H,11-12H2;1H. The number of rotatable bonds is 3. The Labute approximate surface area is 176 Å². The van der Waals surface area contributed by atoms with E-state index in [1.807, 2.05) is 6.07 Å². The van der Waals surface area contributed by atoms with E-state index in [1.54, 1.807) is 47.4 Å². The molecule has 1 amide bonds. The first-order valence-corrected chi connectivity index (χ1v) is 8.82. The number of aromatic nitrogens is 2. The van der Waals surface area contributed by atoms with Gasteiger partial charge in [-0.25, -0.2) is 4.98 Å². The molecular weight excluding hydrogens is 417 g/mol. The number of imidazole rings is 1. The van der Waals surface area contributed by atoms with Crippen molar-refractivity contribution in [2.75, 3.05) is 0 Å². The third kappa shape index (κ3) is 4.02. The van der Waals surface area contributed by atoms with Crippen LogP contribution in [0.5, 0.6) is 0 Å². The quantitative estimate of drug-likeness (QED) is 0.619. The molecule has 2 heterocycles. The van der Waals surface area contributed by atoms with Gasteiger partial charge in [-0.1, -0.05) is 24.3 Å². The Morgan fingerprint density at radius 2 is 1.90 bits per heavy atom. The van der Waals surface area contributed by atoms with Crippen LogP contribution in [0, 0.1) is 11.3 Å². The smallest absolute Gasteiger partial charge is 0.330 e. The lowest BCUT2D eigenvalue weighted by Gasteiger charge is -2.34. The molecule has 4 rings (SSSR count). The number of hydrogen-bond acceptors (Lipinski definition) is 3. The first kappa shape index (κ1) is 21.4. The molecule has 0 saturated carbocycles. The van der Waals surface area contributed by atoms with E-state index < -0.39 is 17.8 Å². The Hall–Kier alpha value is -3.31. The van der Waals surface area contributed by atoms with Crippen molar-refractivity contribution < 1.29 is 18.0 Å². The summed E-state index contributed by atoms with van der Waals surface area (Å²) in [5, 5.41) is 8.98. The van der Waals surface area contributed by atoms with Gasteiger partial charge in [0.25, 0.3) is 5.91 Å². The second-order valence-corrected chi connectivity index (χ2v) is 6.82. The van der Waals surface area contributed by atoms with E-state index >= 15 is 0 Å². The number of carbonyl (C=O) groups is 1. The SMILES string of the molecule is Cl.N#Cc1ccc(C2C(=O)N(Cc3cccc(C(F)(F)F)c3)Cc3cncn32)cc1. The highest BCUT2D eigenvalue weighted by Crippen LogP contribution is 2.32. The van der Waals surface area contributed by atoms with Crippen LogP contribution in [0.25, 0.3) is 0 Å². The lowest BCUT2D eigenvalue weighted by Crippen LogP contribution is -2.42. The molecule has 1 aliphatic rings. The van der Waals surface area contributed by atoms with Crippen molar-refractivity contribution >= 4 is 18.3 Å². The summed E-state index contributed by atoms with van der Waals surface area (Å²) in [5.41, 5.74) is 1.60. The summed E-state index contributed by atoms with van der Waals surface area (Å²) >= 11 is 0. The number of alkyl halides is 3. The summed E-state index contributed by atoms with van der Waals surface area (Å²) in [6, 6.07) is 13.0. The zero-order valence-electron chi connectivity index (χ0n) is 15.5. The predicted molar refractivity (Wildman–Crippen MR) is 104 cm³/mol. The van der Waals surface area contributed by atoms with E-state index in [4.69, 9.17) is 5.26 Å². The number of amides is 1. The van der Waals surface area contributed by atoms with Gasteiger partial charge in [-0.2, -0.15) is 18.4 Å². The first-order valence-electron chi connectivity index (χ1n) is 8.82. The van der Waals surface area contributed by atoms with Crippen molar-refractivity contribution in [2.24, 2.45) is 0 Å². The average Bonchev–Trinajstić information content (AvgIpc) is 3.16. The highest BCUT2D eigenvalue weighted by Gasteiger charge is 2.35. The minimum Gasteiger partial charge on any atom is -0.330 e. The summed E-state index contributed by atoms with van der Waals surface area (Å²) in [5.74, 6) is -0.238. The van der Waals surface area contributed by atoms with Gasteiger partial charge >= 0.3 is 6.18 Å². The van der Waals surface area contributed by atoms with Gasteiger partial charge in [-0.15, -0.1) is 12.4 Å². The molecule has 0 radical (unpaired) electrons. The van der Waals surface area contributed by atoms with Crippen LogP contribution >= 0.6 is 12.4 Å². The maximum absolute atomic E-state index is 13.2. The van der Waals surface area contributed by atoms with Crippen LogP contribution in [0.2, 0.25) is 0 Å². The minimum absolute atomic E-state index is 0. The third-order valence-electron chi connectivity index (χ3n) is 4.91.